The largest absolute Gasteiger partial charge is 0.397 e. The number of hydrogen-bond acceptors (Lipinski definition) is 3. The van der Waals surface area contributed by atoms with Crippen LogP contribution in [0.5, 0.6) is 0 Å². The lowest BCUT2D eigenvalue weighted by Crippen LogP contribution is -2.35. The van der Waals surface area contributed by atoms with Crippen molar-refractivity contribution >= 4 is 45.7 Å². The van der Waals surface area contributed by atoms with Crippen LogP contribution in [0.25, 0.3) is 0 Å². The molecular formula is C14H21IN2S. The third-order valence-corrected chi connectivity index (χ3v) is 5.90. The molecule has 1 saturated carbocycles. The SMILES string of the molecule is CSC1(CNc2ccc(I)cc2N)CCCCC1. The molecule has 0 aliphatic heterocycles. The second-order valence-corrected chi connectivity index (χ2v) is 7.55. The minimum Gasteiger partial charge on any atom is -0.397 e. The zero-order valence-electron chi connectivity index (χ0n) is 10.8. The monoisotopic (exact) mass is 376 g/mol. The molecule has 0 saturated heterocycles. The molecule has 0 aromatic heterocycles. The van der Waals surface area contributed by atoms with Gasteiger partial charge in [-0.15, -0.1) is 0 Å². The Bertz CT molecular complexity index is 403. The van der Waals surface area contributed by atoms with E-state index in [1.165, 1.54) is 35.7 Å². The third-order valence-electron chi connectivity index (χ3n) is 3.81. The molecule has 100 valence electrons. The smallest absolute Gasteiger partial charge is 0.0575 e. The van der Waals surface area contributed by atoms with E-state index < -0.39 is 0 Å². The van der Waals surface area contributed by atoms with Gasteiger partial charge < -0.3 is 11.1 Å². The summed E-state index contributed by atoms with van der Waals surface area (Å²) in [6.45, 7) is 1.03. The van der Waals surface area contributed by atoms with Gasteiger partial charge in [-0.3, -0.25) is 0 Å². The average molecular weight is 376 g/mol. The summed E-state index contributed by atoms with van der Waals surface area (Å²) in [4.78, 5) is 0. The van der Waals surface area contributed by atoms with Crippen molar-refractivity contribution in [1.29, 1.82) is 0 Å². The lowest BCUT2D eigenvalue weighted by molar-refractivity contribution is 0.411. The Morgan fingerprint density at radius 1 is 1.33 bits per heavy atom. The molecule has 0 heterocycles. The van der Waals surface area contributed by atoms with Gasteiger partial charge in [0.25, 0.3) is 0 Å². The Balaban J connectivity index is 2.01. The van der Waals surface area contributed by atoms with Crippen LogP contribution in [-0.2, 0) is 0 Å². The first kappa shape index (κ1) is 14.3. The summed E-state index contributed by atoms with van der Waals surface area (Å²) in [6.07, 6.45) is 9.02. The molecule has 0 atom stereocenters. The highest BCUT2D eigenvalue weighted by molar-refractivity contribution is 14.1. The van der Waals surface area contributed by atoms with E-state index in [1.807, 2.05) is 17.8 Å². The van der Waals surface area contributed by atoms with E-state index in [4.69, 9.17) is 5.73 Å². The highest BCUT2D eigenvalue weighted by atomic mass is 127. The van der Waals surface area contributed by atoms with Crippen molar-refractivity contribution in [1.82, 2.24) is 0 Å². The molecule has 1 fully saturated rings. The fourth-order valence-corrected chi connectivity index (χ4v) is 4.03. The van der Waals surface area contributed by atoms with Gasteiger partial charge >= 0.3 is 0 Å². The van der Waals surface area contributed by atoms with E-state index in [2.05, 4.69) is 46.3 Å². The van der Waals surface area contributed by atoms with Crippen LogP contribution >= 0.6 is 34.4 Å². The second-order valence-electron chi connectivity index (χ2n) is 5.03. The summed E-state index contributed by atoms with van der Waals surface area (Å²) in [7, 11) is 0. The van der Waals surface area contributed by atoms with Crippen LogP contribution in [0.3, 0.4) is 0 Å². The van der Waals surface area contributed by atoms with E-state index >= 15 is 0 Å². The topological polar surface area (TPSA) is 38.0 Å². The summed E-state index contributed by atoms with van der Waals surface area (Å²) in [5.41, 5.74) is 7.98. The van der Waals surface area contributed by atoms with Gasteiger partial charge in [-0.25, -0.2) is 0 Å². The van der Waals surface area contributed by atoms with Gasteiger partial charge in [-0.1, -0.05) is 19.3 Å². The molecule has 0 bridgehead atoms. The zero-order chi connectivity index (χ0) is 13.0. The van der Waals surface area contributed by atoms with Crippen LogP contribution in [0.4, 0.5) is 11.4 Å². The van der Waals surface area contributed by atoms with Gasteiger partial charge in [0.1, 0.15) is 0 Å². The Hall–Kier alpha value is -0.100. The number of hydrogen-bond donors (Lipinski definition) is 2. The predicted molar refractivity (Wildman–Crippen MR) is 91.4 cm³/mol. The number of thioether (sulfide) groups is 1. The number of halogens is 1. The highest BCUT2D eigenvalue weighted by Gasteiger charge is 2.30. The minimum absolute atomic E-state index is 0.410. The fraction of sp³-hybridized carbons (Fsp3) is 0.571. The molecule has 3 N–H and O–H groups in total. The maximum Gasteiger partial charge on any atom is 0.0575 e. The van der Waals surface area contributed by atoms with Crippen LogP contribution in [-0.4, -0.2) is 17.5 Å². The quantitative estimate of drug-likeness (QED) is 0.606. The molecule has 1 aromatic carbocycles. The first-order valence-electron chi connectivity index (χ1n) is 6.49. The number of nitrogens with one attached hydrogen (secondary N) is 1. The number of nitrogens with two attached hydrogens (primary N) is 1. The van der Waals surface area contributed by atoms with Crippen molar-refractivity contribution in [2.24, 2.45) is 0 Å². The molecule has 0 unspecified atom stereocenters. The van der Waals surface area contributed by atoms with Crippen LogP contribution in [0.1, 0.15) is 32.1 Å². The molecule has 1 aliphatic carbocycles. The maximum atomic E-state index is 6.05. The molecule has 1 aliphatic rings. The van der Waals surface area contributed by atoms with Gasteiger partial charge in [0, 0.05) is 14.9 Å². The summed E-state index contributed by atoms with van der Waals surface area (Å²) < 4.78 is 1.60. The molecule has 0 radical (unpaired) electrons. The normalized spacial score (nSPS) is 18.6. The number of rotatable bonds is 4. The van der Waals surface area contributed by atoms with Crippen molar-refractivity contribution in [3.63, 3.8) is 0 Å². The van der Waals surface area contributed by atoms with Crippen LogP contribution in [0.15, 0.2) is 18.2 Å². The van der Waals surface area contributed by atoms with Crippen molar-refractivity contribution < 1.29 is 0 Å². The van der Waals surface area contributed by atoms with Gasteiger partial charge in [0.2, 0.25) is 0 Å². The fourth-order valence-electron chi connectivity index (χ4n) is 2.60. The zero-order valence-corrected chi connectivity index (χ0v) is 13.8. The number of benzene rings is 1. The van der Waals surface area contributed by atoms with Crippen LogP contribution in [0, 0.1) is 3.57 Å². The highest BCUT2D eigenvalue weighted by Crippen LogP contribution is 2.39. The van der Waals surface area contributed by atoms with Crippen LogP contribution < -0.4 is 11.1 Å². The first-order valence-corrected chi connectivity index (χ1v) is 8.80. The lowest BCUT2D eigenvalue weighted by Gasteiger charge is -2.36. The van der Waals surface area contributed by atoms with Crippen molar-refractivity contribution in [3.05, 3.63) is 21.8 Å². The van der Waals surface area contributed by atoms with Gasteiger partial charge in [0.05, 0.1) is 11.4 Å². The Morgan fingerprint density at radius 3 is 2.67 bits per heavy atom. The average Bonchev–Trinajstić information content (AvgIpc) is 2.39. The molecule has 2 nitrogen and oxygen atoms in total. The summed E-state index contributed by atoms with van der Waals surface area (Å²) in [5.74, 6) is 0. The Morgan fingerprint density at radius 2 is 2.06 bits per heavy atom. The minimum atomic E-state index is 0.410. The molecule has 0 amide bonds. The van der Waals surface area contributed by atoms with Crippen molar-refractivity contribution in [3.8, 4) is 0 Å². The van der Waals surface area contributed by atoms with E-state index in [-0.39, 0.29) is 0 Å². The molecule has 1 aromatic rings. The van der Waals surface area contributed by atoms with Gasteiger partial charge in [-0.2, -0.15) is 11.8 Å². The molecule has 2 rings (SSSR count). The van der Waals surface area contributed by atoms with E-state index in [0.717, 1.165) is 17.9 Å². The molecule has 0 spiro atoms. The summed E-state index contributed by atoms with van der Waals surface area (Å²) in [5, 5.41) is 3.55. The second kappa shape index (κ2) is 6.37. The van der Waals surface area contributed by atoms with E-state index in [9.17, 15) is 0 Å². The predicted octanol–water partition coefficient (Wildman–Crippen LogP) is 4.35. The Labute approximate surface area is 128 Å². The van der Waals surface area contributed by atoms with Crippen molar-refractivity contribution in [2.75, 3.05) is 23.9 Å². The van der Waals surface area contributed by atoms with Crippen molar-refractivity contribution in [2.45, 2.75) is 36.9 Å². The number of nitrogen functional groups attached to an aromatic ring is 1. The summed E-state index contributed by atoms with van der Waals surface area (Å²) in [6, 6.07) is 6.22. The Kier molecular flexibility index (Phi) is 5.06. The van der Waals surface area contributed by atoms with Gasteiger partial charge in [0.15, 0.2) is 0 Å². The third kappa shape index (κ3) is 3.47. The molecular weight excluding hydrogens is 355 g/mol. The standard InChI is InChI=1S/C14H21IN2S/c1-18-14(7-3-2-4-8-14)10-17-13-6-5-11(15)9-12(13)16/h5-6,9,17H,2-4,7-8,10,16H2,1H3. The molecule has 18 heavy (non-hydrogen) atoms. The maximum absolute atomic E-state index is 6.05. The van der Waals surface area contributed by atoms with E-state index in [0.29, 0.717) is 4.75 Å². The number of anilines is 2. The first-order chi connectivity index (χ1) is 8.65. The lowest BCUT2D eigenvalue weighted by atomic mass is 9.88. The molecule has 4 heteroatoms. The van der Waals surface area contributed by atoms with Crippen LogP contribution in [0.2, 0.25) is 0 Å². The van der Waals surface area contributed by atoms with E-state index in [1.54, 1.807) is 0 Å². The summed E-state index contributed by atoms with van der Waals surface area (Å²) >= 11 is 4.31. The van der Waals surface area contributed by atoms with Gasteiger partial charge in [-0.05, 0) is 59.9 Å².